The van der Waals surface area contributed by atoms with Gasteiger partial charge in [-0.15, -0.1) is 11.3 Å². The van der Waals surface area contributed by atoms with Crippen molar-refractivity contribution in [3.05, 3.63) is 83.4 Å². The molecule has 2 heterocycles. The molecule has 1 unspecified atom stereocenters. The van der Waals surface area contributed by atoms with Gasteiger partial charge in [-0.25, -0.2) is 9.97 Å². The van der Waals surface area contributed by atoms with E-state index in [0.29, 0.717) is 6.61 Å². The Balaban J connectivity index is 1.51. The summed E-state index contributed by atoms with van der Waals surface area (Å²) in [5, 5.41) is 1.01. The molecule has 4 rings (SSSR count). The number of aryl methyl sites for hydroxylation is 2. The Labute approximate surface area is 157 Å². The summed E-state index contributed by atoms with van der Waals surface area (Å²) in [6.07, 6.45) is 5.54. The third kappa shape index (κ3) is 3.69. The van der Waals surface area contributed by atoms with Crippen LogP contribution < -0.4 is 0 Å². The lowest BCUT2D eigenvalue weighted by Crippen LogP contribution is -2.08. The molecule has 0 aliphatic carbocycles. The van der Waals surface area contributed by atoms with Gasteiger partial charge in [-0.2, -0.15) is 0 Å². The first-order valence-electron chi connectivity index (χ1n) is 8.78. The molecule has 132 valence electrons. The first-order valence-corrected chi connectivity index (χ1v) is 9.60. The molecule has 0 saturated heterocycles. The zero-order valence-electron chi connectivity index (χ0n) is 14.7. The van der Waals surface area contributed by atoms with E-state index in [4.69, 9.17) is 9.72 Å². The minimum atomic E-state index is -0.125. The maximum atomic E-state index is 6.30. The van der Waals surface area contributed by atoms with Gasteiger partial charge in [0.25, 0.3) is 0 Å². The molecular formula is C21H21N3OS. The first kappa shape index (κ1) is 16.9. The minimum absolute atomic E-state index is 0.125. The van der Waals surface area contributed by atoms with Gasteiger partial charge in [-0.3, -0.25) is 0 Å². The van der Waals surface area contributed by atoms with Crippen LogP contribution in [0.25, 0.3) is 10.2 Å². The topological polar surface area (TPSA) is 39.9 Å². The molecule has 0 spiro atoms. The lowest BCUT2D eigenvalue weighted by molar-refractivity contribution is 0.0781. The van der Waals surface area contributed by atoms with Crippen molar-refractivity contribution >= 4 is 21.6 Å². The van der Waals surface area contributed by atoms with Gasteiger partial charge < -0.3 is 9.30 Å². The van der Waals surface area contributed by atoms with Crippen molar-refractivity contribution < 1.29 is 4.74 Å². The summed E-state index contributed by atoms with van der Waals surface area (Å²) in [6, 6.07) is 18.6. The van der Waals surface area contributed by atoms with Crippen LogP contribution in [-0.2, 0) is 18.2 Å². The predicted octanol–water partition coefficient (Wildman–Crippen LogP) is 4.77. The number of benzene rings is 2. The molecule has 2 aromatic carbocycles. The molecule has 0 saturated carbocycles. The largest absolute Gasteiger partial charge is 0.366 e. The fraction of sp³-hybridized carbons (Fsp3) is 0.238. The van der Waals surface area contributed by atoms with Crippen molar-refractivity contribution in [1.82, 2.24) is 14.5 Å². The summed E-state index contributed by atoms with van der Waals surface area (Å²) in [5.41, 5.74) is 3.41. The van der Waals surface area contributed by atoms with Crippen LogP contribution >= 0.6 is 11.3 Å². The van der Waals surface area contributed by atoms with E-state index in [-0.39, 0.29) is 6.10 Å². The summed E-state index contributed by atoms with van der Waals surface area (Å²) in [6.45, 7) is 0.681. The van der Waals surface area contributed by atoms with E-state index in [9.17, 15) is 0 Å². The molecule has 0 aliphatic rings. The highest BCUT2D eigenvalue weighted by Crippen LogP contribution is 2.32. The minimum Gasteiger partial charge on any atom is -0.366 e. The zero-order chi connectivity index (χ0) is 17.8. The van der Waals surface area contributed by atoms with E-state index < -0.39 is 0 Å². The van der Waals surface area contributed by atoms with Crippen LogP contribution in [0.15, 0.2) is 67.1 Å². The molecule has 0 fully saturated rings. The van der Waals surface area contributed by atoms with Crippen LogP contribution in [0, 0.1) is 0 Å². The van der Waals surface area contributed by atoms with Gasteiger partial charge in [0.2, 0.25) is 0 Å². The number of hydrogen-bond donors (Lipinski definition) is 0. The zero-order valence-corrected chi connectivity index (χ0v) is 15.5. The number of imidazole rings is 1. The number of ether oxygens (including phenoxy) is 1. The SMILES string of the molecule is Cn1cncc1CCCOC(c1ccccc1)c1nc2ccccc2s1. The van der Waals surface area contributed by atoms with Gasteiger partial charge in [0.1, 0.15) is 11.1 Å². The Bertz CT molecular complexity index is 944. The Morgan fingerprint density at radius 2 is 1.88 bits per heavy atom. The monoisotopic (exact) mass is 363 g/mol. The fourth-order valence-electron chi connectivity index (χ4n) is 3.02. The summed E-state index contributed by atoms with van der Waals surface area (Å²) in [4.78, 5) is 8.98. The summed E-state index contributed by atoms with van der Waals surface area (Å²) in [5.74, 6) is 0. The predicted molar refractivity (Wildman–Crippen MR) is 105 cm³/mol. The summed E-state index contributed by atoms with van der Waals surface area (Å²) < 4.78 is 9.55. The lowest BCUT2D eigenvalue weighted by Gasteiger charge is -2.16. The van der Waals surface area contributed by atoms with E-state index in [1.54, 1.807) is 11.3 Å². The van der Waals surface area contributed by atoms with Crippen LogP contribution in [0.5, 0.6) is 0 Å². The molecule has 0 radical (unpaired) electrons. The smallest absolute Gasteiger partial charge is 0.134 e. The van der Waals surface area contributed by atoms with Gasteiger partial charge in [0, 0.05) is 25.5 Å². The van der Waals surface area contributed by atoms with Crippen LogP contribution in [0.1, 0.15) is 28.8 Å². The standard InChI is InChI=1S/C21H21N3OS/c1-24-15-22-14-17(24)10-7-13-25-20(16-8-3-2-4-9-16)21-23-18-11-5-6-12-19(18)26-21/h2-6,8-9,11-12,14-15,20H,7,10,13H2,1H3. The van der Waals surface area contributed by atoms with E-state index in [1.807, 2.05) is 31.7 Å². The van der Waals surface area contributed by atoms with Crippen LogP contribution in [0.3, 0.4) is 0 Å². The Kier molecular flexibility index (Phi) is 5.09. The lowest BCUT2D eigenvalue weighted by atomic mass is 10.1. The van der Waals surface area contributed by atoms with Crippen LogP contribution in [-0.4, -0.2) is 21.1 Å². The van der Waals surface area contributed by atoms with Gasteiger partial charge >= 0.3 is 0 Å². The van der Waals surface area contributed by atoms with Crippen LogP contribution in [0.2, 0.25) is 0 Å². The van der Waals surface area contributed by atoms with E-state index in [0.717, 1.165) is 28.9 Å². The van der Waals surface area contributed by atoms with Gasteiger partial charge in [0.15, 0.2) is 0 Å². The molecule has 0 amide bonds. The quantitative estimate of drug-likeness (QED) is 0.444. The second-order valence-corrected chi connectivity index (χ2v) is 7.34. The molecule has 4 aromatic rings. The van der Waals surface area contributed by atoms with Gasteiger partial charge in [-0.1, -0.05) is 42.5 Å². The molecule has 5 heteroatoms. The average molecular weight is 363 g/mol. The van der Waals surface area contributed by atoms with Crippen molar-refractivity contribution in [2.75, 3.05) is 6.61 Å². The fourth-order valence-corrected chi connectivity index (χ4v) is 4.07. The highest BCUT2D eigenvalue weighted by molar-refractivity contribution is 7.18. The van der Waals surface area contributed by atoms with Crippen molar-refractivity contribution in [1.29, 1.82) is 0 Å². The maximum absolute atomic E-state index is 6.30. The number of fused-ring (bicyclic) bond motifs is 1. The normalized spacial score (nSPS) is 12.5. The summed E-state index contributed by atoms with van der Waals surface area (Å²) in [7, 11) is 2.02. The third-order valence-electron chi connectivity index (χ3n) is 4.42. The van der Waals surface area contributed by atoms with Gasteiger partial charge in [-0.05, 0) is 30.5 Å². The van der Waals surface area contributed by atoms with Crippen molar-refractivity contribution in [2.45, 2.75) is 18.9 Å². The molecule has 0 N–H and O–H groups in total. The summed E-state index contributed by atoms with van der Waals surface area (Å²) >= 11 is 1.71. The maximum Gasteiger partial charge on any atom is 0.134 e. The molecule has 1 atom stereocenters. The highest BCUT2D eigenvalue weighted by atomic mass is 32.1. The van der Waals surface area contributed by atoms with E-state index in [1.165, 1.54) is 10.4 Å². The van der Waals surface area contributed by atoms with Crippen molar-refractivity contribution in [3.8, 4) is 0 Å². The number of rotatable bonds is 7. The second kappa shape index (κ2) is 7.81. The van der Waals surface area contributed by atoms with Crippen molar-refractivity contribution in [3.63, 3.8) is 0 Å². The molecule has 26 heavy (non-hydrogen) atoms. The van der Waals surface area contributed by atoms with Gasteiger partial charge in [0.05, 0.1) is 16.5 Å². The average Bonchev–Trinajstić information content (AvgIpc) is 3.28. The third-order valence-corrected chi connectivity index (χ3v) is 5.49. The number of aromatic nitrogens is 3. The Morgan fingerprint density at radius 1 is 1.08 bits per heavy atom. The molecule has 2 aromatic heterocycles. The van der Waals surface area contributed by atoms with E-state index in [2.05, 4.69) is 52.0 Å². The molecular weight excluding hydrogens is 342 g/mol. The molecule has 0 bridgehead atoms. The Morgan fingerprint density at radius 3 is 2.65 bits per heavy atom. The van der Waals surface area contributed by atoms with Crippen LogP contribution in [0.4, 0.5) is 0 Å². The first-order chi connectivity index (χ1) is 12.8. The number of hydrogen-bond acceptors (Lipinski definition) is 4. The number of para-hydroxylation sites is 1. The van der Waals surface area contributed by atoms with Crippen molar-refractivity contribution in [2.24, 2.45) is 7.05 Å². The molecule has 4 nitrogen and oxygen atoms in total. The highest BCUT2D eigenvalue weighted by Gasteiger charge is 2.19. The number of thiazole rings is 1. The Hall–Kier alpha value is -2.50. The second-order valence-electron chi connectivity index (χ2n) is 6.28. The number of nitrogens with zero attached hydrogens (tertiary/aromatic N) is 3. The van der Waals surface area contributed by atoms with E-state index >= 15 is 0 Å². The molecule has 0 aliphatic heterocycles.